The van der Waals surface area contributed by atoms with E-state index in [4.69, 9.17) is 0 Å². The number of hydrogen-bond acceptors (Lipinski definition) is 1. The first kappa shape index (κ1) is 10.5. The van der Waals surface area contributed by atoms with Gasteiger partial charge in [-0.05, 0) is 5.56 Å². The van der Waals surface area contributed by atoms with Gasteiger partial charge in [0.2, 0.25) is 5.91 Å². The Kier molecular flexibility index (Phi) is 3.92. The lowest BCUT2D eigenvalue weighted by Gasteiger charge is -2.10. The summed E-state index contributed by atoms with van der Waals surface area (Å²) in [4.78, 5) is 12.5. The van der Waals surface area contributed by atoms with Crippen molar-refractivity contribution in [2.24, 2.45) is 0 Å². The van der Waals surface area contributed by atoms with E-state index in [1.54, 1.807) is 18.9 Å². The zero-order valence-electron chi connectivity index (χ0n) is 8.60. The minimum atomic E-state index is 0.0858. The Balaban J connectivity index is 2.46. The molecule has 0 atom stereocenters. The van der Waals surface area contributed by atoms with E-state index in [1.807, 2.05) is 42.5 Å². The number of carbonyl (C=O) groups excluding carboxylic acids is 1. The molecule has 74 valence electrons. The van der Waals surface area contributed by atoms with Crippen molar-refractivity contribution in [1.29, 1.82) is 0 Å². The van der Waals surface area contributed by atoms with E-state index in [2.05, 4.69) is 0 Å². The molecule has 0 aliphatic heterocycles. The topological polar surface area (TPSA) is 20.3 Å². The molecule has 0 radical (unpaired) electrons. The van der Waals surface area contributed by atoms with Gasteiger partial charge < -0.3 is 4.90 Å². The predicted octanol–water partition coefficient (Wildman–Crippen LogP) is 2.18. The average Bonchev–Trinajstić information content (AvgIpc) is 2.19. The highest BCUT2D eigenvalue weighted by atomic mass is 16.2. The summed E-state index contributed by atoms with van der Waals surface area (Å²) in [5.41, 5.74) is 1.16. The highest BCUT2D eigenvalue weighted by Crippen LogP contribution is 2.00. The monoisotopic (exact) mass is 189 g/mol. The fourth-order valence-electron chi connectivity index (χ4n) is 1.04. The average molecular weight is 189 g/mol. The fraction of sp³-hybridized carbons (Fsp3) is 0.250. The predicted molar refractivity (Wildman–Crippen MR) is 58.8 cm³/mol. The first-order chi connectivity index (χ1) is 6.70. The van der Waals surface area contributed by atoms with Gasteiger partial charge in [0, 0.05) is 20.5 Å². The van der Waals surface area contributed by atoms with Crippen molar-refractivity contribution in [3.05, 3.63) is 42.0 Å². The van der Waals surface area contributed by atoms with E-state index in [-0.39, 0.29) is 5.91 Å². The van der Waals surface area contributed by atoms with Gasteiger partial charge in [-0.15, -0.1) is 0 Å². The summed E-state index contributed by atoms with van der Waals surface area (Å²) < 4.78 is 0. The van der Waals surface area contributed by atoms with Crippen LogP contribution in [-0.4, -0.2) is 24.4 Å². The van der Waals surface area contributed by atoms with E-state index >= 15 is 0 Å². The highest BCUT2D eigenvalue weighted by Gasteiger charge is 1.96. The maximum Gasteiger partial charge on any atom is 0.219 e. The molecule has 0 aliphatic carbocycles. The summed E-state index contributed by atoms with van der Waals surface area (Å²) in [6.45, 7) is 2.22. The van der Waals surface area contributed by atoms with E-state index in [0.29, 0.717) is 6.54 Å². The molecule has 1 aromatic carbocycles. The first-order valence-electron chi connectivity index (χ1n) is 4.63. The second-order valence-electron chi connectivity index (χ2n) is 3.21. The molecule has 14 heavy (non-hydrogen) atoms. The summed E-state index contributed by atoms with van der Waals surface area (Å²) in [6, 6.07) is 10.0. The molecule has 0 N–H and O–H groups in total. The third-order valence-corrected chi connectivity index (χ3v) is 2.03. The first-order valence-corrected chi connectivity index (χ1v) is 4.63. The van der Waals surface area contributed by atoms with Gasteiger partial charge in [-0.1, -0.05) is 42.5 Å². The summed E-state index contributed by atoms with van der Waals surface area (Å²) >= 11 is 0. The van der Waals surface area contributed by atoms with Gasteiger partial charge in [0.25, 0.3) is 0 Å². The van der Waals surface area contributed by atoms with Crippen LogP contribution in [0.1, 0.15) is 12.5 Å². The van der Waals surface area contributed by atoms with Gasteiger partial charge in [0.1, 0.15) is 0 Å². The van der Waals surface area contributed by atoms with Crippen LogP contribution >= 0.6 is 0 Å². The maximum atomic E-state index is 10.9. The minimum Gasteiger partial charge on any atom is -0.342 e. The quantitative estimate of drug-likeness (QED) is 0.713. The largest absolute Gasteiger partial charge is 0.342 e. The summed E-state index contributed by atoms with van der Waals surface area (Å²) in [6.07, 6.45) is 4.00. The van der Waals surface area contributed by atoms with Crippen molar-refractivity contribution in [2.45, 2.75) is 6.92 Å². The molecule has 0 fully saturated rings. The van der Waals surface area contributed by atoms with Crippen molar-refractivity contribution in [1.82, 2.24) is 4.90 Å². The van der Waals surface area contributed by atoms with Gasteiger partial charge in [-0.2, -0.15) is 0 Å². The Morgan fingerprint density at radius 1 is 1.36 bits per heavy atom. The molecule has 0 unspecified atom stereocenters. The van der Waals surface area contributed by atoms with Crippen LogP contribution in [0.5, 0.6) is 0 Å². The molecule has 2 heteroatoms. The molecule has 1 rings (SSSR count). The van der Waals surface area contributed by atoms with Crippen LogP contribution in [0, 0.1) is 0 Å². The Bertz CT molecular complexity index is 316. The number of likely N-dealkylation sites (N-methyl/N-ethyl adjacent to an activating group) is 1. The Morgan fingerprint density at radius 2 is 2.00 bits per heavy atom. The van der Waals surface area contributed by atoms with Crippen molar-refractivity contribution in [3.8, 4) is 0 Å². The van der Waals surface area contributed by atoms with E-state index in [9.17, 15) is 4.79 Å². The normalized spacial score (nSPS) is 10.4. The van der Waals surface area contributed by atoms with Crippen LogP contribution in [0.4, 0.5) is 0 Å². The van der Waals surface area contributed by atoms with Crippen LogP contribution in [-0.2, 0) is 4.79 Å². The van der Waals surface area contributed by atoms with E-state index in [0.717, 1.165) is 5.56 Å². The molecular formula is C12H15NO. The van der Waals surface area contributed by atoms with Gasteiger partial charge in [-0.25, -0.2) is 0 Å². The lowest BCUT2D eigenvalue weighted by Crippen LogP contribution is -2.23. The molecule has 0 saturated carbocycles. The molecule has 0 aliphatic rings. The maximum absolute atomic E-state index is 10.9. The van der Waals surface area contributed by atoms with E-state index < -0.39 is 0 Å². The van der Waals surface area contributed by atoms with Crippen LogP contribution in [0.25, 0.3) is 6.08 Å². The molecule has 1 amide bonds. The zero-order valence-corrected chi connectivity index (χ0v) is 8.60. The molecule has 0 bridgehead atoms. The minimum absolute atomic E-state index is 0.0858. The lowest BCUT2D eigenvalue weighted by molar-refractivity contribution is -0.127. The summed E-state index contributed by atoms with van der Waals surface area (Å²) in [5, 5.41) is 0. The van der Waals surface area contributed by atoms with Gasteiger partial charge in [0.15, 0.2) is 0 Å². The third kappa shape index (κ3) is 3.44. The number of rotatable bonds is 3. The number of amides is 1. The molecule has 0 saturated heterocycles. The van der Waals surface area contributed by atoms with Crippen LogP contribution < -0.4 is 0 Å². The van der Waals surface area contributed by atoms with Crippen LogP contribution in [0.15, 0.2) is 36.4 Å². The smallest absolute Gasteiger partial charge is 0.219 e. The molecule has 1 aromatic rings. The zero-order chi connectivity index (χ0) is 10.4. The van der Waals surface area contributed by atoms with Crippen LogP contribution in [0.3, 0.4) is 0 Å². The van der Waals surface area contributed by atoms with Crippen molar-refractivity contribution >= 4 is 12.0 Å². The third-order valence-electron chi connectivity index (χ3n) is 2.03. The molecular weight excluding hydrogens is 174 g/mol. The van der Waals surface area contributed by atoms with Crippen molar-refractivity contribution < 1.29 is 4.79 Å². The second-order valence-corrected chi connectivity index (χ2v) is 3.21. The van der Waals surface area contributed by atoms with Crippen molar-refractivity contribution in [2.75, 3.05) is 13.6 Å². The van der Waals surface area contributed by atoms with Gasteiger partial charge in [0.05, 0.1) is 0 Å². The van der Waals surface area contributed by atoms with E-state index in [1.165, 1.54) is 0 Å². The summed E-state index contributed by atoms with van der Waals surface area (Å²) in [5.74, 6) is 0.0858. The van der Waals surface area contributed by atoms with Gasteiger partial charge in [-0.3, -0.25) is 4.79 Å². The standard InChI is InChI=1S/C12H15NO/c1-11(14)13(2)10-6-9-12-7-4-3-5-8-12/h3-9H,10H2,1-2H3/b9-6-. The van der Waals surface area contributed by atoms with Crippen molar-refractivity contribution in [3.63, 3.8) is 0 Å². The second kappa shape index (κ2) is 5.22. The highest BCUT2D eigenvalue weighted by molar-refractivity contribution is 5.73. The number of hydrogen-bond donors (Lipinski definition) is 0. The Labute approximate surface area is 84.9 Å². The lowest BCUT2D eigenvalue weighted by atomic mass is 10.2. The molecule has 0 spiro atoms. The summed E-state index contributed by atoms with van der Waals surface area (Å²) in [7, 11) is 1.79. The molecule has 2 nitrogen and oxygen atoms in total. The Hall–Kier alpha value is -1.57. The molecule has 0 heterocycles. The van der Waals surface area contributed by atoms with Crippen LogP contribution in [0.2, 0.25) is 0 Å². The number of carbonyl (C=O) groups is 1. The molecule has 0 aromatic heterocycles. The number of nitrogens with zero attached hydrogens (tertiary/aromatic N) is 1. The fourth-order valence-corrected chi connectivity index (χ4v) is 1.04. The number of benzene rings is 1. The SMILES string of the molecule is CC(=O)N(C)C/C=C\c1ccccc1. The Morgan fingerprint density at radius 3 is 2.57 bits per heavy atom. The van der Waals surface area contributed by atoms with Gasteiger partial charge >= 0.3 is 0 Å².